The number of methoxy groups -OCH3 is 1. The molecule has 1 heterocycles. The average Bonchev–Trinajstić information content (AvgIpc) is 2.78. The third-order valence-electron chi connectivity index (χ3n) is 4.82. The van der Waals surface area contributed by atoms with Crippen LogP contribution >= 0.6 is 0 Å². The molecule has 1 fully saturated rings. The van der Waals surface area contributed by atoms with Gasteiger partial charge < -0.3 is 23.4 Å². The molecule has 0 amide bonds. The molecule has 0 aromatic rings. The molecule has 0 spiro atoms. The summed E-state index contributed by atoms with van der Waals surface area (Å²) in [5, 5.41) is -0.0392. The predicted octanol–water partition coefficient (Wildman–Crippen LogP) is 3.22. The zero-order chi connectivity index (χ0) is 19.6. The van der Waals surface area contributed by atoms with Crippen LogP contribution in [0.4, 0.5) is 0 Å². The molecular weight excluding hydrogens is 340 g/mol. The van der Waals surface area contributed by atoms with E-state index in [0.717, 1.165) is 6.29 Å². The summed E-state index contributed by atoms with van der Waals surface area (Å²) in [6.45, 7) is 15.9. The third-order valence-corrected chi connectivity index (χ3v) is 9.27. The number of ether oxygens (including phenoxy) is 3. The van der Waals surface area contributed by atoms with Gasteiger partial charge in [-0.3, -0.25) is 0 Å². The molecule has 0 aliphatic carbocycles. The largest absolute Gasteiger partial charge is 0.466 e. The van der Waals surface area contributed by atoms with Gasteiger partial charge in [-0.25, -0.2) is 4.79 Å². The smallest absolute Gasteiger partial charge is 0.330 e. The Balaban J connectivity index is 3.26. The standard InChI is InChI=1S/C18H32O6Si/c1-12(10-14(20)21-7)15(24-25(8,9)17(2,3)4)16-13(11-19)22-18(5,6)23-16/h10-11,13,15-16H,1-9H3/b12-10+/t13-,15-,16-/m0/s1. The van der Waals surface area contributed by atoms with Crippen LogP contribution in [0.5, 0.6) is 0 Å². The molecule has 1 aliphatic heterocycles. The van der Waals surface area contributed by atoms with Crippen LogP contribution in [0.2, 0.25) is 18.1 Å². The monoisotopic (exact) mass is 372 g/mol. The van der Waals surface area contributed by atoms with Crippen LogP contribution in [0, 0.1) is 0 Å². The molecule has 0 radical (unpaired) electrons. The molecule has 6 nitrogen and oxygen atoms in total. The van der Waals surface area contributed by atoms with E-state index in [2.05, 4.69) is 33.9 Å². The van der Waals surface area contributed by atoms with Gasteiger partial charge in [0, 0.05) is 6.08 Å². The fourth-order valence-corrected chi connectivity index (χ4v) is 3.71. The fraction of sp³-hybridized carbons (Fsp3) is 0.778. The maximum absolute atomic E-state index is 11.7. The van der Waals surface area contributed by atoms with E-state index in [1.165, 1.54) is 13.2 Å². The van der Waals surface area contributed by atoms with Gasteiger partial charge in [0.05, 0.1) is 13.2 Å². The summed E-state index contributed by atoms with van der Waals surface area (Å²) in [7, 11) is -0.871. The second kappa shape index (κ2) is 7.69. The lowest BCUT2D eigenvalue weighted by Gasteiger charge is -2.41. The number of aldehydes is 1. The summed E-state index contributed by atoms with van der Waals surface area (Å²) in [6.07, 6.45) is 0.159. The summed E-state index contributed by atoms with van der Waals surface area (Å²) in [5.74, 6) is -1.36. The van der Waals surface area contributed by atoms with Crippen LogP contribution in [-0.4, -0.2) is 51.8 Å². The summed E-state index contributed by atoms with van der Waals surface area (Å²) in [4.78, 5) is 23.2. The molecule has 0 saturated carbocycles. The highest BCUT2D eigenvalue weighted by atomic mass is 28.4. The second-order valence-electron chi connectivity index (χ2n) is 8.41. The summed E-state index contributed by atoms with van der Waals surface area (Å²) in [6, 6.07) is 0. The van der Waals surface area contributed by atoms with E-state index in [-0.39, 0.29) is 5.04 Å². The molecule has 0 N–H and O–H groups in total. The van der Waals surface area contributed by atoms with E-state index in [4.69, 9.17) is 18.6 Å². The maximum Gasteiger partial charge on any atom is 0.330 e. The van der Waals surface area contributed by atoms with Crippen molar-refractivity contribution in [3.05, 3.63) is 11.6 Å². The number of hydrogen-bond donors (Lipinski definition) is 0. The Hall–Kier alpha value is -1.02. The molecule has 1 rings (SSSR count). The number of carbonyl (C=O) groups excluding carboxylic acids is 2. The van der Waals surface area contributed by atoms with Gasteiger partial charge in [0.2, 0.25) is 0 Å². The van der Waals surface area contributed by atoms with E-state index in [1.54, 1.807) is 20.8 Å². The molecule has 7 heteroatoms. The van der Waals surface area contributed by atoms with E-state index in [9.17, 15) is 9.59 Å². The minimum absolute atomic E-state index is 0.0392. The molecule has 144 valence electrons. The third kappa shape index (κ3) is 5.47. The van der Waals surface area contributed by atoms with Crippen molar-refractivity contribution in [3.63, 3.8) is 0 Å². The molecule has 0 aromatic heterocycles. The lowest BCUT2D eigenvalue weighted by atomic mass is 10.0. The first-order chi connectivity index (χ1) is 11.2. The Morgan fingerprint density at radius 1 is 1.24 bits per heavy atom. The molecular formula is C18H32O6Si. The lowest BCUT2D eigenvalue weighted by molar-refractivity contribution is -0.154. The van der Waals surface area contributed by atoms with Gasteiger partial charge in [-0.1, -0.05) is 20.8 Å². The SMILES string of the molecule is COC(=O)/C=C(\C)[C@H](O[Si](C)(C)C(C)(C)C)[C@H]1OC(C)(C)O[C@H]1C=O. The first kappa shape index (κ1) is 22.0. The molecule has 0 unspecified atom stereocenters. The van der Waals surface area contributed by atoms with E-state index < -0.39 is 38.4 Å². The summed E-state index contributed by atoms with van der Waals surface area (Å²) in [5.41, 5.74) is 0.648. The molecule has 1 saturated heterocycles. The topological polar surface area (TPSA) is 71.1 Å². The number of esters is 1. The quantitative estimate of drug-likeness (QED) is 0.309. The highest BCUT2D eigenvalue weighted by Gasteiger charge is 2.49. The van der Waals surface area contributed by atoms with Crippen LogP contribution in [0.1, 0.15) is 41.5 Å². The van der Waals surface area contributed by atoms with Gasteiger partial charge in [-0.05, 0) is 44.5 Å². The Bertz CT molecular complexity index is 532. The number of hydrogen-bond acceptors (Lipinski definition) is 6. The number of rotatable bonds is 6. The summed E-state index contributed by atoms with van der Waals surface area (Å²) < 4.78 is 22.9. The van der Waals surface area contributed by atoms with Crippen LogP contribution in [0.3, 0.4) is 0 Å². The Labute approximate surface area is 152 Å². The fourth-order valence-electron chi connectivity index (χ4n) is 2.40. The van der Waals surface area contributed by atoms with E-state index in [1.807, 2.05) is 0 Å². The van der Waals surface area contributed by atoms with Crippen molar-refractivity contribution >= 4 is 20.6 Å². The summed E-state index contributed by atoms with van der Waals surface area (Å²) >= 11 is 0. The maximum atomic E-state index is 11.7. The van der Waals surface area contributed by atoms with E-state index in [0.29, 0.717) is 5.57 Å². The molecule has 0 aromatic carbocycles. The second-order valence-corrected chi connectivity index (χ2v) is 13.2. The first-order valence-corrected chi connectivity index (χ1v) is 11.4. The van der Waals surface area contributed by atoms with Crippen molar-refractivity contribution in [2.75, 3.05) is 7.11 Å². The Morgan fingerprint density at radius 2 is 1.80 bits per heavy atom. The predicted molar refractivity (Wildman–Crippen MR) is 97.7 cm³/mol. The minimum Gasteiger partial charge on any atom is -0.466 e. The van der Waals surface area contributed by atoms with Crippen molar-refractivity contribution in [1.82, 2.24) is 0 Å². The van der Waals surface area contributed by atoms with Crippen molar-refractivity contribution in [3.8, 4) is 0 Å². The zero-order valence-electron chi connectivity index (χ0n) is 16.8. The van der Waals surface area contributed by atoms with Gasteiger partial charge in [-0.15, -0.1) is 0 Å². The van der Waals surface area contributed by atoms with E-state index >= 15 is 0 Å². The van der Waals surface area contributed by atoms with Crippen molar-refractivity contribution in [2.45, 2.75) is 83.8 Å². The molecule has 3 atom stereocenters. The van der Waals surface area contributed by atoms with Crippen molar-refractivity contribution < 1.29 is 28.2 Å². The highest BCUT2D eigenvalue weighted by Crippen LogP contribution is 2.40. The number of carbonyl (C=O) groups is 2. The van der Waals surface area contributed by atoms with Crippen molar-refractivity contribution in [1.29, 1.82) is 0 Å². The molecule has 25 heavy (non-hydrogen) atoms. The van der Waals surface area contributed by atoms with Gasteiger partial charge >= 0.3 is 5.97 Å². The van der Waals surface area contributed by atoms with Crippen LogP contribution in [-0.2, 0) is 28.2 Å². The van der Waals surface area contributed by atoms with Crippen LogP contribution < -0.4 is 0 Å². The highest BCUT2D eigenvalue weighted by molar-refractivity contribution is 6.74. The molecule has 0 bridgehead atoms. The zero-order valence-corrected chi connectivity index (χ0v) is 17.8. The normalized spacial score (nSPS) is 25.6. The minimum atomic E-state index is -2.19. The van der Waals surface area contributed by atoms with Crippen LogP contribution in [0.15, 0.2) is 11.6 Å². The Morgan fingerprint density at radius 3 is 2.24 bits per heavy atom. The van der Waals surface area contributed by atoms with Gasteiger partial charge in [-0.2, -0.15) is 0 Å². The van der Waals surface area contributed by atoms with Gasteiger partial charge in [0.25, 0.3) is 0 Å². The molecule has 1 aliphatic rings. The Kier molecular flexibility index (Phi) is 6.78. The van der Waals surface area contributed by atoms with Crippen molar-refractivity contribution in [2.24, 2.45) is 0 Å². The van der Waals surface area contributed by atoms with Crippen LogP contribution in [0.25, 0.3) is 0 Å². The lowest BCUT2D eigenvalue weighted by Crippen LogP contribution is -2.50. The van der Waals surface area contributed by atoms with Gasteiger partial charge in [0.15, 0.2) is 20.4 Å². The van der Waals surface area contributed by atoms with Gasteiger partial charge in [0.1, 0.15) is 12.2 Å². The average molecular weight is 373 g/mol. The first-order valence-electron chi connectivity index (χ1n) is 8.49.